The van der Waals surface area contributed by atoms with Crippen LogP contribution in [0.25, 0.3) is 6.08 Å². The Labute approximate surface area is 132 Å². The molecule has 0 bridgehead atoms. The SMILES string of the molecule is Cc1ccc2c(c1)C=CC(C)C2CCC1CC(O)CC(=O)O1. The van der Waals surface area contributed by atoms with Crippen molar-refractivity contribution in [1.29, 1.82) is 0 Å². The number of aliphatic hydroxyl groups excluding tert-OH is 1. The van der Waals surface area contributed by atoms with Crippen LogP contribution >= 0.6 is 0 Å². The Bertz CT molecular complexity index is 590. The number of aliphatic hydroxyl groups is 1. The first-order chi connectivity index (χ1) is 10.5. The van der Waals surface area contributed by atoms with Gasteiger partial charge in [-0.05, 0) is 42.7 Å². The van der Waals surface area contributed by atoms with Crippen LogP contribution in [0.1, 0.15) is 55.2 Å². The van der Waals surface area contributed by atoms with Crippen molar-refractivity contribution in [1.82, 2.24) is 0 Å². The van der Waals surface area contributed by atoms with Crippen LogP contribution in [0.2, 0.25) is 0 Å². The molecule has 3 heteroatoms. The van der Waals surface area contributed by atoms with Gasteiger partial charge in [0.2, 0.25) is 0 Å². The zero-order valence-electron chi connectivity index (χ0n) is 13.3. The molecule has 4 unspecified atom stereocenters. The molecule has 1 heterocycles. The molecule has 0 aromatic heterocycles. The van der Waals surface area contributed by atoms with Gasteiger partial charge in [-0.2, -0.15) is 0 Å². The molecule has 1 aromatic rings. The third-order valence-corrected chi connectivity index (χ3v) is 4.89. The minimum Gasteiger partial charge on any atom is -0.462 e. The van der Waals surface area contributed by atoms with Gasteiger partial charge in [-0.3, -0.25) is 4.79 Å². The summed E-state index contributed by atoms with van der Waals surface area (Å²) in [4.78, 5) is 11.4. The Balaban J connectivity index is 1.70. The van der Waals surface area contributed by atoms with Gasteiger partial charge < -0.3 is 9.84 Å². The standard InChI is InChI=1S/C19H24O3/c1-12-3-7-18-14(9-12)5-4-13(2)17(18)8-6-16-10-15(20)11-19(21)22-16/h3-5,7,9,13,15-17,20H,6,8,10-11H2,1-2H3. The molecule has 1 aliphatic carbocycles. The average molecular weight is 300 g/mol. The van der Waals surface area contributed by atoms with Gasteiger partial charge in [0.25, 0.3) is 0 Å². The summed E-state index contributed by atoms with van der Waals surface area (Å²) in [6.45, 7) is 4.36. The second-order valence-corrected chi connectivity index (χ2v) is 6.74. The van der Waals surface area contributed by atoms with Crippen molar-refractivity contribution in [2.45, 2.75) is 57.7 Å². The number of cyclic esters (lactones) is 1. The van der Waals surface area contributed by atoms with Gasteiger partial charge >= 0.3 is 5.97 Å². The molecule has 0 spiro atoms. The van der Waals surface area contributed by atoms with Crippen LogP contribution < -0.4 is 0 Å². The molecule has 1 aliphatic heterocycles. The maximum atomic E-state index is 11.4. The minimum absolute atomic E-state index is 0.136. The van der Waals surface area contributed by atoms with Crippen molar-refractivity contribution >= 4 is 12.0 Å². The third-order valence-electron chi connectivity index (χ3n) is 4.89. The van der Waals surface area contributed by atoms with E-state index in [9.17, 15) is 9.90 Å². The molecule has 3 rings (SSSR count). The highest BCUT2D eigenvalue weighted by Gasteiger charge is 2.29. The quantitative estimate of drug-likeness (QED) is 0.868. The molecule has 1 fully saturated rings. The summed E-state index contributed by atoms with van der Waals surface area (Å²) in [6, 6.07) is 6.63. The number of carbonyl (C=O) groups excluding carboxylic acids is 1. The highest BCUT2D eigenvalue weighted by Crippen LogP contribution is 2.38. The van der Waals surface area contributed by atoms with E-state index in [1.807, 2.05) is 0 Å². The molecule has 3 nitrogen and oxygen atoms in total. The molecule has 2 aliphatic rings. The second kappa shape index (κ2) is 6.25. The zero-order valence-corrected chi connectivity index (χ0v) is 13.3. The molecule has 22 heavy (non-hydrogen) atoms. The summed E-state index contributed by atoms with van der Waals surface area (Å²) in [5.74, 6) is 0.675. The molecule has 0 saturated carbocycles. The number of hydrogen-bond acceptors (Lipinski definition) is 3. The van der Waals surface area contributed by atoms with Gasteiger partial charge in [0, 0.05) is 6.42 Å². The van der Waals surface area contributed by atoms with E-state index in [4.69, 9.17) is 4.74 Å². The van der Waals surface area contributed by atoms with Crippen molar-refractivity contribution in [2.24, 2.45) is 5.92 Å². The Hall–Kier alpha value is -1.61. The number of fused-ring (bicyclic) bond motifs is 1. The van der Waals surface area contributed by atoms with Crippen molar-refractivity contribution in [2.75, 3.05) is 0 Å². The van der Waals surface area contributed by atoms with Gasteiger partial charge in [0.1, 0.15) is 6.10 Å². The van der Waals surface area contributed by atoms with Crippen molar-refractivity contribution in [3.63, 3.8) is 0 Å². The summed E-state index contributed by atoms with van der Waals surface area (Å²) < 4.78 is 5.37. The first-order valence-electron chi connectivity index (χ1n) is 8.19. The normalized spacial score (nSPS) is 30.8. The van der Waals surface area contributed by atoms with Crippen molar-refractivity contribution in [3.8, 4) is 0 Å². The molecular weight excluding hydrogens is 276 g/mol. The third kappa shape index (κ3) is 3.25. The summed E-state index contributed by atoms with van der Waals surface area (Å²) in [5, 5.41) is 9.72. The molecule has 118 valence electrons. The molecule has 4 atom stereocenters. The highest BCUT2D eigenvalue weighted by atomic mass is 16.5. The molecule has 1 aromatic carbocycles. The van der Waals surface area contributed by atoms with Crippen LogP contribution in [0.15, 0.2) is 24.3 Å². The molecular formula is C19H24O3. The summed E-state index contributed by atoms with van der Waals surface area (Å²) >= 11 is 0. The zero-order chi connectivity index (χ0) is 15.7. The lowest BCUT2D eigenvalue weighted by molar-refractivity contribution is -0.160. The van der Waals surface area contributed by atoms with E-state index in [1.54, 1.807) is 0 Å². The number of esters is 1. The Kier molecular flexibility index (Phi) is 4.34. The maximum absolute atomic E-state index is 11.4. The number of hydrogen-bond donors (Lipinski definition) is 1. The number of benzene rings is 1. The van der Waals surface area contributed by atoms with Crippen molar-refractivity contribution < 1.29 is 14.6 Å². The second-order valence-electron chi connectivity index (χ2n) is 6.74. The molecule has 0 radical (unpaired) electrons. The Morgan fingerprint density at radius 3 is 2.91 bits per heavy atom. The van der Waals surface area contributed by atoms with Crippen LogP contribution in [0, 0.1) is 12.8 Å². The first-order valence-corrected chi connectivity index (χ1v) is 8.19. The summed E-state index contributed by atoms with van der Waals surface area (Å²) in [5.41, 5.74) is 3.98. The number of allylic oxidation sites excluding steroid dienone is 1. The van der Waals surface area contributed by atoms with Gasteiger partial charge in [-0.15, -0.1) is 0 Å². The lowest BCUT2D eigenvalue weighted by atomic mass is 9.77. The number of rotatable bonds is 3. The first kappa shape index (κ1) is 15.3. The van der Waals surface area contributed by atoms with Gasteiger partial charge in [-0.25, -0.2) is 0 Å². The highest BCUT2D eigenvalue weighted by molar-refractivity contribution is 5.71. The van der Waals surface area contributed by atoms with E-state index in [-0.39, 0.29) is 18.5 Å². The lowest BCUT2D eigenvalue weighted by Gasteiger charge is -2.31. The molecule has 1 saturated heterocycles. The van der Waals surface area contributed by atoms with Crippen LogP contribution in [0.5, 0.6) is 0 Å². The number of aryl methyl sites for hydroxylation is 1. The van der Waals surface area contributed by atoms with Crippen LogP contribution in [-0.2, 0) is 9.53 Å². The predicted octanol–water partition coefficient (Wildman–Crippen LogP) is 3.59. The van der Waals surface area contributed by atoms with Crippen LogP contribution in [-0.4, -0.2) is 23.3 Å². The molecule has 0 amide bonds. The monoisotopic (exact) mass is 300 g/mol. The van der Waals surface area contributed by atoms with Gasteiger partial charge in [-0.1, -0.05) is 42.8 Å². The van der Waals surface area contributed by atoms with E-state index in [2.05, 4.69) is 44.2 Å². The van der Waals surface area contributed by atoms with Gasteiger partial charge in [0.05, 0.1) is 12.5 Å². The lowest BCUT2D eigenvalue weighted by Crippen LogP contribution is -2.33. The summed E-state index contributed by atoms with van der Waals surface area (Å²) in [7, 11) is 0. The number of ether oxygens (including phenoxy) is 1. The van der Waals surface area contributed by atoms with Crippen molar-refractivity contribution in [3.05, 3.63) is 41.0 Å². The fourth-order valence-corrected chi connectivity index (χ4v) is 3.67. The predicted molar refractivity (Wildman–Crippen MR) is 86.5 cm³/mol. The van der Waals surface area contributed by atoms with Gasteiger partial charge in [0.15, 0.2) is 0 Å². The largest absolute Gasteiger partial charge is 0.462 e. The van der Waals surface area contributed by atoms with E-state index in [0.29, 0.717) is 18.3 Å². The Morgan fingerprint density at radius 1 is 1.32 bits per heavy atom. The fourth-order valence-electron chi connectivity index (χ4n) is 3.67. The number of carbonyl (C=O) groups is 1. The average Bonchev–Trinajstić information content (AvgIpc) is 2.45. The van der Waals surface area contributed by atoms with E-state index in [1.165, 1.54) is 16.7 Å². The van der Waals surface area contributed by atoms with Crippen LogP contribution in [0.3, 0.4) is 0 Å². The topological polar surface area (TPSA) is 46.5 Å². The maximum Gasteiger partial charge on any atom is 0.308 e. The van der Waals surface area contributed by atoms with E-state index < -0.39 is 6.10 Å². The summed E-state index contributed by atoms with van der Waals surface area (Å²) in [6.07, 6.45) is 6.32. The fraction of sp³-hybridized carbons (Fsp3) is 0.526. The van der Waals surface area contributed by atoms with E-state index >= 15 is 0 Å². The smallest absolute Gasteiger partial charge is 0.308 e. The molecule has 1 N–H and O–H groups in total. The van der Waals surface area contributed by atoms with E-state index in [0.717, 1.165) is 12.8 Å². The van der Waals surface area contributed by atoms with Crippen LogP contribution in [0.4, 0.5) is 0 Å². The minimum atomic E-state index is -0.537. The Morgan fingerprint density at radius 2 is 2.14 bits per heavy atom.